The number of hydrogen-bond acceptors (Lipinski definition) is 4. The Morgan fingerprint density at radius 2 is 1.80 bits per heavy atom. The third-order valence-corrected chi connectivity index (χ3v) is 6.79. The average Bonchev–Trinajstić information content (AvgIpc) is 3.10. The SMILES string of the molecule is CS(=O)(=O)N(CC(=O)NCc1ccccc1CN1CCCC1=O)c1ccc(I)cc1. The Labute approximate surface area is 190 Å². The van der Waals surface area contributed by atoms with Gasteiger partial charge in [0.15, 0.2) is 0 Å². The maximum absolute atomic E-state index is 12.5. The zero-order valence-electron chi connectivity index (χ0n) is 16.7. The van der Waals surface area contributed by atoms with Crippen LogP contribution in [0.3, 0.4) is 0 Å². The predicted molar refractivity (Wildman–Crippen MR) is 124 cm³/mol. The molecule has 1 N–H and O–H groups in total. The van der Waals surface area contributed by atoms with Crippen molar-refractivity contribution in [2.24, 2.45) is 0 Å². The molecular weight excluding hydrogens is 517 g/mol. The van der Waals surface area contributed by atoms with E-state index in [1.807, 2.05) is 29.2 Å². The van der Waals surface area contributed by atoms with Crippen molar-refractivity contribution in [3.05, 3.63) is 63.2 Å². The molecule has 1 fully saturated rings. The number of carbonyl (C=O) groups excluding carboxylic acids is 2. The molecular formula is C21H24IN3O4S. The second-order valence-corrected chi connectivity index (χ2v) is 10.4. The molecule has 0 spiro atoms. The first-order valence-corrected chi connectivity index (χ1v) is 12.5. The maximum atomic E-state index is 12.5. The van der Waals surface area contributed by atoms with E-state index in [1.54, 1.807) is 24.3 Å². The zero-order valence-corrected chi connectivity index (χ0v) is 19.6. The van der Waals surface area contributed by atoms with Crippen LogP contribution >= 0.6 is 22.6 Å². The molecule has 9 heteroatoms. The summed E-state index contributed by atoms with van der Waals surface area (Å²) in [5, 5.41) is 2.81. The van der Waals surface area contributed by atoms with Crippen LogP contribution in [0.4, 0.5) is 5.69 Å². The number of benzene rings is 2. The van der Waals surface area contributed by atoms with E-state index in [0.29, 0.717) is 18.7 Å². The van der Waals surface area contributed by atoms with Crippen LogP contribution < -0.4 is 9.62 Å². The first-order valence-electron chi connectivity index (χ1n) is 9.58. The van der Waals surface area contributed by atoms with Gasteiger partial charge >= 0.3 is 0 Å². The molecule has 0 aliphatic carbocycles. The molecule has 2 aromatic rings. The molecule has 0 radical (unpaired) electrons. The van der Waals surface area contributed by atoms with Crippen LogP contribution in [0.1, 0.15) is 24.0 Å². The standard InChI is InChI=1S/C21H24IN3O4S/c1-30(28,29)25(19-10-8-18(22)9-11-19)15-20(26)23-13-16-5-2-3-6-17(16)14-24-12-4-7-21(24)27/h2-3,5-6,8-11H,4,7,12-15H2,1H3,(H,23,26). The minimum atomic E-state index is -3.61. The molecule has 0 atom stereocenters. The van der Waals surface area contributed by atoms with Crippen molar-refractivity contribution >= 4 is 50.1 Å². The minimum Gasteiger partial charge on any atom is -0.350 e. The fourth-order valence-corrected chi connectivity index (χ4v) is 4.56. The van der Waals surface area contributed by atoms with E-state index < -0.39 is 15.9 Å². The van der Waals surface area contributed by atoms with Gasteiger partial charge in [0, 0.05) is 29.6 Å². The molecule has 1 aliphatic rings. The number of sulfonamides is 1. The van der Waals surface area contributed by atoms with Gasteiger partial charge < -0.3 is 10.2 Å². The third-order valence-electron chi connectivity index (χ3n) is 4.93. The van der Waals surface area contributed by atoms with Crippen LogP contribution in [0.2, 0.25) is 0 Å². The number of halogens is 1. The van der Waals surface area contributed by atoms with Crippen molar-refractivity contribution in [1.29, 1.82) is 0 Å². The highest BCUT2D eigenvalue weighted by Crippen LogP contribution is 2.20. The van der Waals surface area contributed by atoms with Crippen LogP contribution in [0, 0.1) is 3.57 Å². The molecule has 1 saturated heterocycles. The molecule has 2 amide bonds. The summed E-state index contributed by atoms with van der Waals surface area (Å²) in [6.07, 6.45) is 2.54. The Morgan fingerprint density at radius 3 is 2.40 bits per heavy atom. The summed E-state index contributed by atoms with van der Waals surface area (Å²) in [6, 6.07) is 14.6. The number of amides is 2. The normalized spacial score (nSPS) is 14.1. The van der Waals surface area contributed by atoms with Crippen LogP contribution in [0.5, 0.6) is 0 Å². The summed E-state index contributed by atoms with van der Waals surface area (Å²) < 4.78 is 26.5. The monoisotopic (exact) mass is 541 g/mol. The summed E-state index contributed by atoms with van der Waals surface area (Å²) in [5.41, 5.74) is 2.33. The van der Waals surface area contributed by atoms with E-state index in [4.69, 9.17) is 0 Å². The number of carbonyl (C=O) groups is 2. The lowest BCUT2D eigenvalue weighted by molar-refractivity contribution is -0.128. The quantitative estimate of drug-likeness (QED) is 0.521. The van der Waals surface area contributed by atoms with E-state index in [-0.39, 0.29) is 19.0 Å². The van der Waals surface area contributed by atoms with Crippen molar-refractivity contribution in [3.8, 4) is 0 Å². The van der Waals surface area contributed by atoms with Gasteiger partial charge in [0.2, 0.25) is 21.8 Å². The minimum absolute atomic E-state index is 0.148. The number of rotatable bonds is 8. The van der Waals surface area contributed by atoms with Crippen molar-refractivity contribution < 1.29 is 18.0 Å². The molecule has 7 nitrogen and oxygen atoms in total. The molecule has 0 unspecified atom stereocenters. The van der Waals surface area contributed by atoms with E-state index >= 15 is 0 Å². The maximum Gasteiger partial charge on any atom is 0.241 e. The van der Waals surface area contributed by atoms with Crippen molar-refractivity contribution in [1.82, 2.24) is 10.2 Å². The molecule has 1 aliphatic heterocycles. The number of likely N-dealkylation sites (tertiary alicyclic amines) is 1. The summed E-state index contributed by atoms with van der Waals surface area (Å²) in [6.45, 7) is 1.23. The number of nitrogens with one attached hydrogen (secondary N) is 1. The molecule has 0 bridgehead atoms. The lowest BCUT2D eigenvalue weighted by Gasteiger charge is -2.22. The molecule has 0 saturated carbocycles. The fourth-order valence-electron chi connectivity index (χ4n) is 3.35. The van der Waals surface area contributed by atoms with Crippen LogP contribution in [-0.2, 0) is 32.7 Å². The van der Waals surface area contributed by atoms with E-state index in [2.05, 4.69) is 27.9 Å². The summed E-state index contributed by atoms with van der Waals surface area (Å²) >= 11 is 2.14. The van der Waals surface area contributed by atoms with E-state index in [1.165, 1.54) is 0 Å². The number of nitrogens with zero attached hydrogens (tertiary/aromatic N) is 2. The largest absolute Gasteiger partial charge is 0.350 e. The molecule has 0 aromatic heterocycles. The topological polar surface area (TPSA) is 86.8 Å². The van der Waals surface area contributed by atoms with Gasteiger partial charge in [0.1, 0.15) is 6.54 Å². The van der Waals surface area contributed by atoms with Gasteiger partial charge in [-0.15, -0.1) is 0 Å². The first kappa shape index (κ1) is 22.5. The van der Waals surface area contributed by atoms with Crippen LogP contribution in [0.15, 0.2) is 48.5 Å². The van der Waals surface area contributed by atoms with Crippen LogP contribution in [-0.4, -0.2) is 44.5 Å². The Kier molecular flexibility index (Phi) is 7.35. The molecule has 1 heterocycles. The van der Waals surface area contributed by atoms with Crippen molar-refractivity contribution in [2.75, 3.05) is 23.7 Å². The lowest BCUT2D eigenvalue weighted by atomic mass is 10.1. The number of anilines is 1. The zero-order chi connectivity index (χ0) is 21.7. The second kappa shape index (κ2) is 9.78. The van der Waals surface area contributed by atoms with Gasteiger partial charge in [-0.25, -0.2) is 8.42 Å². The van der Waals surface area contributed by atoms with Gasteiger partial charge in [0.05, 0.1) is 11.9 Å². The highest BCUT2D eigenvalue weighted by atomic mass is 127. The smallest absolute Gasteiger partial charge is 0.241 e. The fraction of sp³-hybridized carbons (Fsp3) is 0.333. The van der Waals surface area contributed by atoms with Crippen molar-refractivity contribution in [3.63, 3.8) is 0 Å². The first-order chi connectivity index (χ1) is 14.2. The third kappa shape index (κ3) is 5.94. The Hall–Kier alpha value is -2.14. The lowest BCUT2D eigenvalue weighted by Crippen LogP contribution is -2.40. The number of hydrogen-bond donors (Lipinski definition) is 1. The molecule has 3 rings (SSSR count). The highest BCUT2D eigenvalue weighted by Gasteiger charge is 2.22. The van der Waals surface area contributed by atoms with Gasteiger partial charge in [-0.3, -0.25) is 13.9 Å². The average molecular weight is 541 g/mol. The summed E-state index contributed by atoms with van der Waals surface area (Å²) in [5.74, 6) is -0.249. The van der Waals surface area contributed by atoms with Crippen molar-refractivity contribution in [2.45, 2.75) is 25.9 Å². The molecule has 30 heavy (non-hydrogen) atoms. The molecule has 2 aromatic carbocycles. The molecule has 160 valence electrons. The van der Waals surface area contributed by atoms with E-state index in [9.17, 15) is 18.0 Å². The van der Waals surface area contributed by atoms with Gasteiger partial charge in [-0.05, 0) is 64.4 Å². The predicted octanol–water partition coefficient (Wildman–Crippen LogP) is 2.50. The van der Waals surface area contributed by atoms with Gasteiger partial charge in [-0.1, -0.05) is 24.3 Å². The second-order valence-electron chi connectivity index (χ2n) is 7.21. The Morgan fingerprint density at radius 1 is 1.13 bits per heavy atom. The van der Waals surface area contributed by atoms with Crippen LogP contribution in [0.25, 0.3) is 0 Å². The highest BCUT2D eigenvalue weighted by molar-refractivity contribution is 14.1. The Balaban J connectivity index is 1.66. The summed E-state index contributed by atoms with van der Waals surface area (Å²) in [4.78, 5) is 26.3. The van der Waals surface area contributed by atoms with E-state index in [0.717, 1.165) is 38.2 Å². The summed E-state index contributed by atoms with van der Waals surface area (Å²) in [7, 11) is -3.61. The Bertz CT molecular complexity index is 1020. The van der Waals surface area contributed by atoms with Gasteiger partial charge in [0.25, 0.3) is 0 Å². The van der Waals surface area contributed by atoms with Gasteiger partial charge in [-0.2, -0.15) is 0 Å².